The van der Waals surface area contributed by atoms with Crippen molar-refractivity contribution in [3.05, 3.63) is 47.2 Å². The average Bonchev–Trinajstić information content (AvgIpc) is 2.80. The first-order valence-corrected chi connectivity index (χ1v) is 5.25. The molecule has 18 heavy (non-hydrogen) atoms. The van der Waals surface area contributed by atoms with Crippen LogP contribution in [0.4, 0.5) is 10.3 Å². The lowest BCUT2D eigenvalue weighted by molar-refractivity contribution is 0.561. The van der Waals surface area contributed by atoms with Gasteiger partial charge >= 0.3 is 0 Å². The third kappa shape index (κ3) is 2.55. The van der Waals surface area contributed by atoms with Crippen LogP contribution in [0, 0.1) is 17.1 Å². The van der Waals surface area contributed by atoms with Gasteiger partial charge in [-0.05, 0) is 23.8 Å². The minimum Gasteiger partial charge on any atom is -0.420 e. The third-order valence-corrected chi connectivity index (χ3v) is 2.27. The fourth-order valence-electron chi connectivity index (χ4n) is 1.39. The van der Waals surface area contributed by atoms with Crippen LogP contribution in [0.1, 0.15) is 17.1 Å². The summed E-state index contributed by atoms with van der Waals surface area (Å²) in [6.07, 6.45) is 3.35. The van der Waals surface area contributed by atoms with Crippen LogP contribution in [0.3, 0.4) is 0 Å². The van der Waals surface area contributed by atoms with Gasteiger partial charge in [0.25, 0.3) is 0 Å². The van der Waals surface area contributed by atoms with E-state index in [1.165, 1.54) is 12.1 Å². The Hall–Kier alpha value is -2.61. The fraction of sp³-hybridized carbons (Fsp3) is 0.0769. The first kappa shape index (κ1) is 11.9. The van der Waals surface area contributed by atoms with Gasteiger partial charge < -0.3 is 9.73 Å². The molecule has 5 heteroatoms. The molecule has 0 unspecified atom stereocenters. The summed E-state index contributed by atoms with van der Waals surface area (Å²) in [5.41, 5.74) is 1.02. The second kappa shape index (κ2) is 5.15. The minimum absolute atomic E-state index is 0.205. The number of hydrogen-bond acceptors (Lipinski definition) is 4. The summed E-state index contributed by atoms with van der Waals surface area (Å²) in [6, 6.07) is 7.94. The van der Waals surface area contributed by atoms with Gasteiger partial charge in [0.2, 0.25) is 17.5 Å². The van der Waals surface area contributed by atoms with Crippen LogP contribution < -0.4 is 5.32 Å². The molecule has 1 aromatic carbocycles. The molecule has 2 aromatic rings. The highest BCUT2D eigenvalue weighted by Gasteiger charge is 2.08. The smallest absolute Gasteiger partial charge is 0.232 e. The van der Waals surface area contributed by atoms with Crippen LogP contribution >= 0.6 is 0 Å². The second-order valence-electron chi connectivity index (χ2n) is 3.48. The Morgan fingerprint density at radius 1 is 1.33 bits per heavy atom. The van der Waals surface area contributed by atoms with Crippen molar-refractivity contribution in [1.29, 1.82) is 5.26 Å². The second-order valence-corrected chi connectivity index (χ2v) is 3.48. The van der Waals surface area contributed by atoms with E-state index in [1.54, 1.807) is 31.3 Å². The molecule has 2 rings (SSSR count). The first-order chi connectivity index (χ1) is 8.72. The third-order valence-electron chi connectivity index (χ3n) is 2.27. The van der Waals surface area contributed by atoms with Gasteiger partial charge in [0.1, 0.15) is 11.9 Å². The monoisotopic (exact) mass is 243 g/mol. The molecule has 1 heterocycles. The van der Waals surface area contributed by atoms with Gasteiger partial charge in [-0.1, -0.05) is 12.1 Å². The Bertz CT molecular complexity index is 608. The molecule has 0 aliphatic heterocycles. The van der Waals surface area contributed by atoms with Crippen LogP contribution in [-0.2, 0) is 0 Å². The van der Waals surface area contributed by atoms with Gasteiger partial charge in [0, 0.05) is 13.1 Å². The molecule has 0 radical (unpaired) electrons. The molecule has 0 saturated carbocycles. The van der Waals surface area contributed by atoms with Crippen molar-refractivity contribution in [2.75, 3.05) is 12.4 Å². The highest BCUT2D eigenvalue weighted by molar-refractivity contribution is 5.67. The van der Waals surface area contributed by atoms with E-state index in [-0.39, 0.29) is 11.5 Å². The molecule has 0 spiro atoms. The number of halogens is 1. The zero-order valence-corrected chi connectivity index (χ0v) is 9.64. The molecule has 0 saturated heterocycles. The highest BCUT2D eigenvalue weighted by atomic mass is 19.1. The number of anilines is 1. The van der Waals surface area contributed by atoms with Gasteiger partial charge in [-0.25, -0.2) is 4.39 Å². The Labute approximate surface area is 103 Å². The lowest BCUT2D eigenvalue weighted by atomic mass is 10.2. The van der Waals surface area contributed by atoms with E-state index in [2.05, 4.69) is 10.3 Å². The van der Waals surface area contributed by atoms with E-state index in [0.717, 1.165) is 5.56 Å². The normalized spacial score (nSPS) is 10.5. The summed E-state index contributed by atoms with van der Waals surface area (Å²) in [5.74, 6) is 0.365. The van der Waals surface area contributed by atoms with Gasteiger partial charge in [-0.3, -0.25) is 0 Å². The molecule has 0 aliphatic carbocycles. The summed E-state index contributed by atoms with van der Waals surface area (Å²) >= 11 is 0. The summed E-state index contributed by atoms with van der Waals surface area (Å²) in [6.45, 7) is 0. The summed E-state index contributed by atoms with van der Waals surface area (Å²) < 4.78 is 18.0. The van der Waals surface area contributed by atoms with Gasteiger partial charge in [-0.2, -0.15) is 10.2 Å². The molecule has 0 fully saturated rings. The van der Waals surface area contributed by atoms with Gasteiger partial charge in [0.15, 0.2) is 0 Å². The summed E-state index contributed by atoms with van der Waals surface area (Å²) in [4.78, 5) is 3.98. The van der Waals surface area contributed by atoms with Crippen molar-refractivity contribution < 1.29 is 8.81 Å². The molecular weight excluding hydrogens is 233 g/mol. The van der Waals surface area contributed by atoms with E-state index in [4.69, 9.17) is 9.68 Å². The zero-order chi connectivity index (χ0) is 13.0. The SMILES string of the molecule is CNc1oc(C=Cc2ccc(F)cc2)nc1C#N. The van der Waals surface area contributed by atoms with Crippen LogP contribution in [0.2, 0.25) is 0 Å². The van der Waals surface area contributed by atoms with E-state index < -0.39 is 0 Å². The fourth-order valence-corrected chi connectivity index (χ4v) is 1.39. The Morgan fingerprint density at radius 3 is 2.61 bits per heavy atom. The Morgan fingerprint density at radius 2 is 2.06 bits per heavy atom. The van der Waals surface area contributed by atoms with Crippen LogP contribution in [-0.4, -0.2) is 12.0 Å². The van der Waals surface area contributed by atoms with Crippen LogP contribution in [0.15, 0.2) is 28.7 Å². The Kier molecular flexibility index (Phi) is 3.39. The quantitative estimate of drug-likeness (QED) is 0.900. The Balaban J connectivity index is 2.21. The number of rotatable bonds is 3. The van der Waals surface area contributed by atoms with Crippen molar-refractivity contribution in [3.8, 4) is 6.07 Å². The summed E-state index contributed by atoms with van der Waals surface area (Å²) in [5, 5.41) is 11.5. The largest absolute Gasteiger partial charge is 0.420 e. The standard InChI is InChI=1S/C13H10FN3O/c1-16-13-11(8-15)17-12(18-13)7-4-9-2-5-10(14)6-3-9/h2-7,16H,1H3. The van der Waals surface area contributed by atoms with E-state index >= 15 is 0 Å². The van der Waals surface area contributed by atoms with Gasteiger partial charge in [-0.15, -0.1) is 0 Å². The lowest BCUT2D eigenvalue weighted by Crippen LogP contribution is -1.87. The number of oxazole rings is 1. The molecule has 0 atom stereocenters. The van der Waals surface area contributed by atoms with Gasteiger partial charge in [0.05, 0.1) is 0 Å². The van der Waals surface area contributed by atoms with Crippen molar-refractivity contribution in [3.63, 3.8) is 0 Å². The molecule has 0 aliphatic rings. The van der Waals surface area contributed by atoms with Crippen molar-refractivity contribution in [2.24, 2.45) is 0 Å². The topological polar surface area (TPSA) is 61.9 Å². The molecule has 1 N–H and O–H groups in total. The maximum atomic E-state index is 12.7. The maximum Gasteiger partial charge on any atom is 0.232 e. The van der Waals surface area contributed by atoms with Crippen molar-refractivity contribution in [2.45, 2.75) is 0 Å². The van der Waals surface area contributed by atoms with E-state index in [1.807, 2.05) is 6.07 Å². The number of nitrogens with one attached hydrogen (secondary N) is 1. The van der Waals surface area contributed by atoms with E-state index in [9.17, 15) is 4.39 Å². The number of nitriles is 1. The first-order valence-electron chi connectivity index (χ1n) is 5.25. The minimum atomic E-state index is -0.285. The predicted octanol–water partition coefficient (Wildman–Crippen LogP) is 2.90. The molecular formula is C13H10FN3O. The maximum absolute atomic E-state index is 12.7. The molecule has 0 amide bonds. The number of benzene rings is 1. The van der Waals surface area contributed by atoms with Crippen LogP contribution in [0.5, 0.6) is 0 Å². The van der Waals surface area contributed by atoms with E-state index in [0.29, 0.717) is 11.8 Å². The number of aromatic nitrogens is 1. The number of hydrogen-bond donors (Lipinski definition) is 1. The number of nitrogens with zero attached hydrogens (tertiary/aromatic N) is 2. The molecule has 1 aromatic heterocycles. The lowest BCUT2D eigenvalue weighted by Gasteiger charge is -1.91. The molecule has 90 valence electrons. The average molecular weight is 243 g/mol. The predicted molar refractivity (Wildman–Crippen MR) is 66.1 cm³/mol. The molecule has 4 nitrogen and oxygen atoms in total. The van der Waals surface area contributed by atoms with Crippen molar-refractivity contribution >= 4 is 18.0 Å². The zero-order valence-electron chi connectivity index (χ0n) is 9.64. The van der Waals surface area contributed by atoms with Crippen LogP contribution in [0.25, 0.3) is 12.2 Å². The molecule has 0 bridgehead atoms. The highest BCUT2D eigenvalue weighted by Crippen LogP contribution is 2.17. The van der Waals surface area contributed by atoms with Crippen molar-refractivity contribution in [1.82, 2.24) is 4.98 Å². The summed E-state index contributed by atoms with van der Waals surface area (Å²) in [7, 11) is 1.65.